The van der Waals surface area contributed by atoms with Gasteiger partial charge in [0.25, 0.3) is 5.56 Å². The summed E-state index contributed by atoms with van der Waals surface area (Å²) in [6, 6.07) is 8.64. The molecule has 2 N–H and O–H groups in total. The fourth-order valence-electron chi connectivity index (χ4n) is 2.90. The first-order valence-corrected chi connectivity index (χ1v) is 8.90. The summed E-state index contributed by atoms with van der Waals surface area (Å²) in [5.74, 6) is -2.76. The summed E-state index contributed by atoms with van der Waals surface area (Å²) < 4.78 is 33.0. The molecule has 11 heteroatoms. The number of carboxylic acids is 1. The van der Waals surface area contributed by atoms with Gasteiger partial charge in [-0.15, -0.1) is 0 Å². The molecule has 1 aliphatic rings. The Labute approximate surface area is 169 Å². The number of rotatable bonds is 2. The van der Waals surface area contributed by atoms with Crippen LogP contribution in [0.4, 0.5) is 18.9 Å². The highest BCUT2D eigenvalue weighted by Crippen LogP contribution is 2.22. The minimum absolute atomic E-state index is 0.181. The zero-order chi connectivity index (χ0) is 21.8. The van der Waals surface area contributed by atoms with Crippen molar-refractivity contribution in [1.82, 2.24) is 14.7 Å². The average Bonchev–Trinajstić information content (AvgIpc) is 2.79. The first kappa shape index (κ1) is 22.7. The number of likely N-dealkylation sites (N-methyl/N-ethyl adjacent to an activating group) is 1. The minimum Gasteiger partial charge on any atom is -0.475 e. The Hall–Kier alpha value is -2.59. The van der Waals surface area contributed by atoms with Crippen molar-refractivity contribution in [3.63, 3.8) is 0 Å². The minimum atomic E-state index is -5.08. The molecule has 0 aliphatic carbocycles. The molecule has 0 bridgehead atoms. The number of benzene rings is 1. The topological polar surface area (TPSA) is 87.5 Å². The fourth-order valence-corrected chi connectivity index (χ4v) is 3.13. The van der Waals surface area contributed by atoms with Gasteiger partial charge >= 0.3 is 12.1 Å². The molecule has 0 spiro atoms. The summed E-state index contributed by atoms with van der Waals surface area (Å²) in [7, 11) is 3.69. The van der Waals surface area contributed by atoms with Crippen molar-refractivity contribution in [3.8, 4) is 0 Å². The summed E-state index contributed by atoms with van der Waals surface area (Å²) in [5, 5.41) is 14.7. The molecule has 1 atom stereocenters. The molecule has 2 heterocycles. The molecule has 1 aromatic carbocycles. The van der Waals surface area contributed by atoms with Crippen molar-refractivity contribution in [2.24, 2.45) is 7.05 Å². The van der Waals surface area contributed by atoms with Crippen molar-refractivity contribution in [3.05, 3.63) is 57.0 Å². The number of carbonyl (C=O) groups is 1. The third kappa shape index (κ3) is 6.20. The quantitative estimate of drug-likeness (QED) is 0.758. The Morgan fingerprint density at radius 3 is 2.45 bits per heavy atom. The van der Waals surface area contributed by atoms with E-state index in [1.165, 1.54) is 15.8 Å². The van der Waals surface area contributed by atoms with Crippen molar-refractivity contribution < 1.29 is 23.1 Å². The van der Waals surface area contributed by atoms with Crippen LogP contribution >= 0.6 is 11.6 Å². The molecule has 29 heavy (non-hydrogen) atoms. The lowest BCUT2D eigenvalue weighted by Crippen LogP contribution is -2.34. The monoisotopic (exact) mass is 432 g/mol. The number of fused-ring (bicyclic) bond motifs is 1. The van der Waals surface area contributed by atoms with E-state index in [4.69, 9.17) is 21.5 Å². The first-order chi connectivity index (χ1) is 13.5. The number of carboxylic acid groups (broad SMARTS) is 1. The van der Waals surface area contributed by atoms with E-state index in [2.05, 4.69) is 46.6 Å². The maximum Gasteiger partial charge on any atom is 0.490 e. The number of nitrogens with one attached hydrogen (secondary N) is 1. The van der Waals surface area contributed by atoms with Crippen LogP contribution in [0.3, 0.4) is 0 Å². The standard InChI is InChI=1S/C16H19ClN4O.C2HF3O2/c1-20-9-12-6-4-3-5-11(12)7-13(10-20)19-14-8-18-21(2)16(22)15(14)17;3-2(4,5)1(6)7/h3-6,8,13,19H,7,9-10H2,1-2H3;(H,6,7)/t13-;/m1./s1. The molecule has 0 amide bonds. The van der Waals surface area contributed by atoms with Crippen LogP contribution in [-0.4, -0.2) is 51.6 Å². The van der Waals surface area contributed by atoms with Gasteiger partial charge in [0.2, 0.25) is 0 Å². The predicted molar refractivity (Wildman–Crippen MR) is 102 cm³/mol. The van der Waals surface area contributed by atoms with Crippen LogP contribution in [0.15, 0.2) is 35.3 Å². The van der Waals surface area contributed by atoms with E-state index in [1.54, 1.807) is 13.2 Å². The van der Waals surface area contributed by atoms with Gasteiger partial charge in [-0.2, -0.15) is 18.3 Å². The number of nitrogens with zero attached hydrogens (tertiary/aromatic N) is 3. The number of aliphatic carboxylic acids is 1. The van der Waals surface area contributed by atoms with Gasteiger partial charge in [-0.3, -0.25) is 4.79 Å². The molecule has 1 aliphatic heterocycles. The van der Waals surface area contributed by atoms with Crippen LogP contribution in [0.1, 0.15) is 11.1 Å². The lowest BCUT2D eigenvalue weighted by molar-refractivity contribution is -0.192. The molecule has 3 rings (SSSR count). The van der Waals surface area contributed by atoms with Crippen LogP contribution in [0.5, 0.6) is 0 Å². The van der Waals surface area contributed by atoms with E-state index >= 15 is 0 Å². The SMILES string of the molecule is CN1Cc2ccccc2C[C@@H](Nc2cnn(C)c(=O)c2Cl)C1.O=C(O)C(F)(F)F. The molecule has 2 aromatic rings. The maximum absolute atomic E-state index is 11.9. The lowest BCUT2D eigenvalue weighted by Gasteiger charge is -2.22. The third-order valence-electron chi connectivity index (χ3n) is 4.24. The summed E-state index contributed by atoms with van der Waals surface area (Å²) in [4.78, 5) is 23.0. The van der Waals surface area contributed by atoms with Gasteiger partial charge in [0.1, 0.15) is 5.02 Å². The van der Waals surface area contributed by atoms with Crippen LogP contribution in [0.25, 0.3) is 0 Å². The molecule has 0 fully saturated rings. The number of hydrogen-bond donors (Lipinski definition) is 2. The lowest BCUT2D eigenvalue weighted by atomic mass is 10.0. The number of halogens is 4. The zero-order valence-electron chi connectivity index (χ0n) is 15.7. The van der Waals surface area contributed by atoms with E-state index in [0.29, 0.717) is 5.69 Å². The average molecular weight is 433 g/mol. The van der Waals surface area contributed by atoms with Gasteiger partial charge in [-0.05, 0) is 24.6 Å². The molecule has 0 unspecified atom stereocenters. The first-order valence-electron chi connectivity index (χ1n) is 8.52. The number of hydrogen-bond acceptors (Lipinski definition) is 5. The Morgan fingerprint density at radius 1 is 1.28 bits per heavy atom. The summed E-state index contributed by atoms with van der Waals surface area (Å²) in [5.41, 5.74) is 3.00. The summed E-state index contributed by atoms with van der Waals surface area (Å²) >= 11 is 6.15. The molecular weight excluding hydrogens is 413 g/mol. The molecule has 0 saturated carbocycles. The van der Waals surface area contributed by atoms with Crippen LogP contribution in [0, 0.1) is 0 Å². The molecular formula is C18H20ClF3N4O3. The normalized spacial score (nSPS) is 16.8. The van der Waals surface area contributed by atoms with Gasteiger partial charge in [-0.1, -0.05) is 35.9 Å². The van der Waals surface area contributed by atoms with E-state index < -0.39 is 12.1 Å². The van der Waals surface area contributed by atoms with Gasteiger partial charge in [0.15, 0.2) is 0 Å². The summed E-state index contributed by atoms with van der Waals surface area (Å²) in [6.45, 7) is 1.80. The Morgan fingerprint density at radius 2 is 1.86 bits per heavy atom. The maximum atomic E-state index is 11.9. The van der Waals surface area contributed by atoms with Crippen molar-refractivity contribution in [2.45, 2.75) is 25.2 Å². The Kier molecular flexibility index (Phi) is 7.26. The number of alkyl halides is 3. The Bertz CT molecular complexity index is 933. The molecule has 0 radical (unpaired) electrons. The highest BCUT2D eigenvalue weighted by atomic mass is 35.5. The third-order valence-corrected chi connectivity index (χ3v) is 4.60. The molecule has 0 saturated heterocycles. The van der Waals surface area contributed by atoms with E-state index in [0.717, 1.165) is 19.5 Å². The van der Waals surface area contributed by atoms with Gasteiger partial charge in [-0.25, -0.2) is 9.48 Å². The predicted octanol–water partition coefficient (Wildman–Crippen LogP) is 2.54. The summed E-state index contributed by atoms with van der Waals surface area (Å²) in [6.07, 6.45) is -2.58. The molecule has 1 aromatic heterocycles. The number of anilines is 1. The van der Waals surface area contributed by atoms with Gasteiger partial charge in [0, 0.05) is 26.2 Å². The largest absolute Gasteiger partial charge is 0.490 e. The zero-order valence-corrected chi connectivity index (χ0v) is 16.5. The second-order valence-corrected chi connectivity index (χ2v) is 6.99. The van der Waals surface area contributed by atoms with Crippen molar-refractivity contribution in [1.29, 1.82) is 0 Å². The van der Waals surface area contributed by atoms with E-state index in [1.807, 2.05) is 0 Å². The van der Waals surface area contributed by atoms with Crippen LogP contribution in [0.2, 0.25) is 5.02 Å². The fraction of sp³-hybridized carbons (Fsp3) is 0.389. The van der Waals surface area contributed by atoms with Crippen LogP contribution < -0.4 is 10.9 Å². The van der Waals surface area contributed by atoms with Crippen molar-refractivity contribution in [2.75, 3.05) is 18.9 Å². The van der Waals surface area contributed by atoms with E-state index in [9.17, 15) is 18.0 Å². The van der Waals surface area contributed by atoms with Gasteiger partial charge in [0.05, 0.1) is 11.9 Å². The second-order valence-electron chi connectivity index (χ2n) is 6.61. The smallest absolute Gasteiger partial charge is 0.475 e. The van der Waals surface area contributed by atoms with E-state index in [-0.39, 0.29) is 16.6 Å². The molecule has 7 nitrogen and oxygen atoms in total. The second kappa shape index (κ2) is 9.27. The number of aryl methyl sites for hydroxylation is 1. The molecule has 158 valence electrons. The van der Waals surface area contributed by atoms with Crippen molar-refractivity contribution >= 4 is 23.3 Å². The number of aromatic nitrogens is 2. The highest BCUT2D eigenvalue weighted by molar-refractivity contribution is 6.32. The van der Waals surface area contributed by atoms with Gasteiger partial charge < -0.3 is 15.3 Å². The van der Waals surface area contributed by atoms with Crippen LogP contribution in [-0.2, 0) is 24.8 Å². The Balaban J connectivity index is 0.000000370. The highest BCUT2D eigenvalue weighted by Gasteiger charge is 2.38.